The number of rotatable bonds is 5. The average Bonchev–Trinajstić information content (AvgIpc) is 3.25. The number of aliphatic hydroxyl groups excluding tert-OH is 1. The molecule has 2 aromatic rings. The molecule has 2 atom stereocenters. The summed E-state index contributed by atoms with van der Waals surface area (Å²) in [7, 11) is 0. The van der Waals surface area contributed by atoms with Crippen molar-refractivity contribution in [3.05, 3.63) is 59.7 Å². The fraction of sp³-hybridized carbons (Fsp3) is 0.417. The summed E-state index contributed by atoms with van der Waals surface area (Å²) >= 11 is 0. The minimum absolute atomic E-state index is 0.0643. The standard InChI is InChI=1S/C24H27NO5/c1-24(2,30-22(27)21-13-15(26)14-25(21)23(28)29)12-11-20-18-9-5-3-7-16(18)17-8-4-6-10-19(17)20/h3-10,15,20-21,26H,11-14H2,1-2H3,(H,28,29)/t15-,21+/m1/s1. The zero-order chi connectivity index (χ0) is 21.5. The van der Waals surface area contributed by atoms with Gasteiger partial charge in [0.05, 0.1) is 12.6 Å². The van der Waals surface area contributed by atoms with Crippen molar-refractivity contribution in [1.82, 2.24) is 4.90 Å². The topological polar surface area (TPSA) is 87.1 Å². The van der Waals surface area contributed by atoms with Crippen molar-refractivity contribution in [3.8, 4) is 11.1 Å². The number of carboxylic acid groups (broad SMARTS) is 1. The molecule has 1 fully saturated rings. The molecule has 0 spiro atoms. The van der Waals surface area contributed by atoms with Crippen LogP contribution in [0.5, 0.6) is 0 Å². The summed E-state index contributed by atoms with van der Waals surface area (Å²) in [4.78, 5) is 25.0. The lowest BCUT2D eigenvalue weighted by atomic mass is 9.88. The number of esters is 1. The van der Waals surface area contributed by atoms with Gasteiger partial charge in [-0.1, -0.05) is 48.5 Å². The van der Waals surface area contributed by atoms with Gasteiger partial charge in [0.15, 0.2) is 0 Å². The molecule has 30 heavy (non-hydrogen) atoms. The highest BCUT2D eigenvalue weighted by atomic mass is 16.6. The molecule has 0 saturated carbocycles. The van der Waals surface area contributed by atoms with Gasteiger partial charge in [-0.2, -0.15) is 0 Å². The normalized spacial score (nSPS) is 20.7. The third-order valence-corrected chi connectivity index (χ3v) is 6.17. The van der Waals surface area contributed by atoms with Crippen LogP contribution in [-0.4, -0.2) is 51.5 Å². The Kier molecular flexibility index (Phi) is 5.28. The van der Waals surface area contributed by atoms with Crippen LogP contribution >= 0.6 is 0 Å². The quantitative estimate of drug-likeness (QED) is 0.729. The van der Waals surface area contributed by atoms with Crippen molar-refractivity contribution >= 4 is 12.1 Å². The Bertz CT molecular complexity index is 924. The number of hydrogen-bond acceptors (Lipinski definition) is 4. The number of ether oxygens (including phenoxy) is 1. The van der Waals surface area contributed by atoms with Crippen LogP contribution in [0.2, 0.25) is 0 Å². The van der Waals surface area contributed by atoms with Gasteiger partial charge in [-0.05, 0) is 48.9 Å². The van der Waals surface area contributed by atoms with Gasteiger partial charge in [0, 0.05) is 12.3 Å². The highest BCUT2D eigenvalue weighted by molar-refractivity contribution is 5.82. The molecular formula is C24H27NO5. The van der Waals surface area contributed by atoms with E-state index in [1.807, 2.05) is 26.0 Å². The smallest absolute Gasteiger partial charge is 0.408 e. The predicted octanol–water partition coefficient (Wildman–Crippen LogP) is 4.01. The molecule has 2 aliphatic rings. The number of nitrogens with zero attached hydrogens (tertiary/aromatic N) is 1. The molecule has 0 aromatic heterocycles. The van der Waals surface area contributed by atoms with Crippen molar-refractivity contribution < 1.29 is 24.5 Å². The summed E-state index contributed by atoms with van der Waals surface area (Å²) in [5.74, 6) is -0.356. The van der Waals surface area contributed by atoms with Gasteiger partial charge in [-0.3, -0.25) is 4.90 Å². The minimum Gasteiger partial charge on any atom is -0.465 e. The summed E-state index contributed by atoms with van der Waals surface area (Å²) in [6, 6.07) is 15.8. The maximum Gasteiger partial charge on any atom is 0.408 e. The first kappa shape index (κ1) is 20.4. The van der Waals surface area contributed by atoms with Gasteiger partial charge < -0.3 is 14.9 Å². The zero-order valence-corrected chi connectivity index (χ0v) is 17.2. The first-order valence-electron chi connectivity index (χ1n) is 10.4. The number of β-amino-alcohol motifs (C(OH)–C–C–N with tert-alkyl or cyclic N) is 1. The summed E-state index contributed by atoms with van der Waals surface area (Å²) in [5, 5.41) is 19.1. The Balaban J connectivity index is 1.46. The molecule has 4 rings (SSSR count). The fourth-order valence-corrected chi connectivity index (χ4v) is 4.70. The molecular weight excluding hydrogens is 382 g/mol. The maximum absolute atomic E-state index is 12.7. The van der Waals surface area contributed by atoms with E-state index in [-0.39, 0.29) is 18.9 Å². The number of carbonyl (C=O) groups is 2. The van der Waals surface area contributed by atoms with E-state index in [9.17, 15) is 19.8 Å². The summed E-state index contributed by atoms with van der Waals surface area (Å²) in [5.41, 5.74) is 4.34. The van der Waals surface area contributed by atoms with Crippen LogP contribution in [0.3, 0.4) is 0 Å². The van der Waals surface area contributed by atoms with Crippen molar-refractivity contribution in [2.24, 2.45) is 0 Å². The lowest BCUT2D eigenvalue weighted by molar-refractivity contribution is -0.162. The SMILES string of the molecule is CC(C)(CCC1c2ccccc2-c2ccccc21)OC(=O)[C@@H]1C[C@@H](O)CN1C(=O)O. The molecule has 6 heteroatoms. The van der Waals surface area contributed by atoms with Gasteiger partial charge in [-0.15, -0.1) is 0 Å². The summed E-state index contributed by atoms with van der Waals surface area (Å²) < 4.78 is 5.73. The van der Waals surface area contributed by atoms with E-state index in [0.29, 0.717) is 6.42 Å². The first-order valence-corrected chi connectivity index (χ1v) is 10.4. The predicted molar refractivity (Wildman–Crippen MR) is 112 cm³/mol. The Hall–Kier alpha value is -2.86. The van der Waals surface area contributed by atoms with E-state index < -0.39 is 29.8 Å². The number of aliphatic hydroxyl groups is 1. The molecule has 6 nitrogen and oxygen atoms in total. The number of hydrogen-bond donors (Lipinski definition) is 2. The number of benzene rings is 2. The lowest BCUT2D eigenvalue weighted by Gasteiger charge is -2.30. The van der Waals surface area contributed by atoms with E-state index in [1.165, 1.54) is 22.3 Å². The Labute approximate surface area is 176 Å². The monoisotopic (exact) mass is 409 g/mol. The molecule has 0 radical (unpaired) electrons. The molecule has 1 aliphatic carbocycles. The van der Waals surface area contributed by atoms with Crippen LogP contribution in [0, 0.1) is 0 Å². The largest absolute Gasteiger partial charge is 0.465 e. The van der Waals surface area contributed by atoms with Crippen molar-refractivity contribution in [2.45, 2.75) is 56.8 Å². The van der Waals surface area contributed by atoms with E-state index in [1.54, 1.807) is 0 Å². The second-order valence-electron chi connectivity index (χ2n) is 8.79. The first-order chi connectivity index (χ1) is 14.3. The Morgan fingerprint density at radius 3 is 2.20 bits per heavy atom. The second-order valence-corrected chi connectivity index (χ2v) is 8.79. The minimum atomic E-state index is -1.22. The highest BCUT2D eigenvalue weighted by Crippen LogP contribution is 2.47. The molecule has 2 aromatic carbocycles. The molecule has 1 aliphatic heterocycles. The maximum atomic E-state index is 12.7. The van der Waals surface area contributed by atoms with Gasteiger partial charge in [0.25, 0.3) is 0 Å². The van der Waals surface area contributed by atoms with E-state index in [0.717, 1.165) is 11.3 Å². The molecule has 0 unspecified atom stereocenters. The van der Waals surface area contributed by atoms with Gasteiger partial charge in [0.1, 0.15) is 11.6 Å². The van der Waals surface area contributed by atoms with Crippen molar-refractivity contribution in [3.63, 3.8) is 0 Å². The average molecular weight is 409 g/mol. The Morgan fingerprint density at radius 1 is 1.07 bits per heavy atom. The van der Waals surface area contributed by atoms with Crippen LogP contribution in [-0.2, 0) is 9.53 Å². The summed E-state index contributed by atoms with van der Waals surface area (Å²) in [6.45, 7) is 3.65. The molecule has 2 N–H and O–H groups in total. The van der Waals surface area contributed by atoms with Crippen LogP contribution in [0.25, 0.3) is 11.1 Å². The number of carbonyl (C=O) groups excluding carboxylic acids is 1. The molecule has 158 valence electrons. The summed E-state index contributed by atoms with van der Waals surface area (Å²) in [6.07, 6.45) is -0.540. The van der Waals surface area contributed by atoms with E-state index in [4.69, 9.17) is 4.74 Å². The van der Waals surface area contributed by atoms with Crippen LogP contribution in [0.1, 0.15) is 50.2 Å². The van der Waals surface area contributed by atoms with Gasteiger partial charge in [-0.25, -0.2) is 9.59 Å². The van der Waals surface area contributed by atoms with Crippen LogP contribution in [0.4, 0.5) is 4.79 Å². The van der Waals surface area contributed by atoms with Gasteiger partial charge in [0.2, 0.25) is 0 Å². The number of likely N-dealkylation sites (tertiary alicyclic amines) is 1. The number of amides is 1. The number of fused-ring (bicyclic) bond motifs is 3. The lowest BCUT2D eigenvalue weighted by Crippen LogP contribution is -2.43. The van der Waals surface area contributed by atoms with E-state index in [2.05, 4.69) is 36.4 Å². The second kappa shape index (κ2) is 7.76. The molecule has 1 saturated heterocycles. The third kappa shape index (κ3) is 3.79. The van der Waals surface area contributed by atoms with Crippen LogP contribution in [0.15, 0.2) is 48.5 Å². The molecule has 0 bridgehead atoms. The van der Waals surface area contributed by atoms with Crippen molar-refractivity contribution in [2.75, 3.05) is 6.54 Å². The van der Waals surface area contributed by atoms with Gasteiger partial charge >= 0.3 is 12.1 Å². The van der Waals surface area contributed by atoms with Crippen molar-refractivity contribution in [1.29, 1.82) is 0 Å². The Morgan fingerprint density at radius 2 is 1.63 bits per heavy atom. The fourth-order valence-electron chi connectivity index (χ4n) is 4.70. The molecule has 1 heterocycles. The van der Waals surface area contributed by atoms with E-state index >= 15 is 0 Å². The molecule has 1 amide bonds. The highest BCUT2D eigenvalue weighted by Gasteiger charge is 2.42. The van der Waals surface area contributed by atoms with Crippen LogP contribution < -0.4 is 0 Å². The third-order valence-electron chi connectivity index (χ3n) is 6.17. The zero-order valence-electron chi connectivity index (χ0n) is 17.2.